The number of aromatic amines is 2. The molecule has 0 spiro atoms. The summed E-state index contributed by atoms with van der Waals surface area (Å²) >= 11 is 1.07. The van der Waals surface area contributed by atoms with Gasteiger partial charge in [0.25, 0.3) is 0 Å². The van der Waals surface area contributed by atoms with Gasteiger partial charge >= 0.3 is 11.7 Å². The Bertz CT molecular complexity index is 554. The number of aromatic nitrogens is 2. The van der Waals surface area contributed by atoms with Crippen LogP contribution in [0.25, 0.3) is 0 Å². The molecule has 0 aliphatic carbocycles. The SMILES string of the molecule is CCOC(=O)CCCC[C@@H](O)c1[nH]c(=O)[nH]c1CSC(=N)N. The minimum Gasteiger partial charge on any atom is -0.466 e. The van der Waals surface area contributed by atoms with E-state index in [2.05, 4.69) is 9.97 Å². The summed E-state index contributed by atoms with van der Waals surface area (Å²) in [6.45, 7) is 2.12. The predicted molar refractivity (Wildman–Crippen MR) is 84.7 cm³/mol. The first-order valence-electron chi connectivity index (χ1n) is 7.05. The lowest BCUT2D eigenvalue weighted by Crippen LogP contribution is -2.07. The fourth-order valence-corrected chi connectivity index (χ4v) is 2.49. The van der Waals surface area contributed by atoms with Crippen molar-refractivity contribution in [1.29, 1.82) is 5.41 Å². The molecular weight excluding hydrogens is 308 g/mol. The van der Waals surface area contributed by atoms with E-state index in [1.807, 2.05) is 0 Å². The maximum absolute atomic E-state index is 11.4. The van der Waals surface area contributed by atoms with E-state index in [0.717, 1.165) is 11.8 Å². The summed E-state index contributed by atoms with van der Waals surface area (Å²) in [4.78, 5) is 27.7. The number of hydrogen-bond donors (Lipinski definition) is 5. The topological polar surface area (TPSA) is 145 Å². The van der Waals surface area contributed by atoms with Gasteiger partial charge in [-0.15, -0.1) is 0 Å². The van der Waals surface area contributed by atoms with Crippen LogP contribution in [-0.4, -0.2) is 32.8 Å². The third-order valence-electron chi connectivity index (χ3n) is 2.96. The average Bonchev–Trinajstić information content (AvgIpc) is 2.82. The van der Waals surface area contributed by atoms with Crippen LogP contribution in [0.2, 0.25) is 0 Å². The third-order valence-corrected chi connectivity index (χ3v) is 3.70. The van der Waals surface area contributed by atoms with Crippen molar-refractivity contribution < 1.29 is 14.6 Å². The van der Waals surface area contributed by atoms with E-state index in [-0.39, 0.29) is 11.1 Å². The smallest absolute Gasteiger partial charge is 0.323 e. The number of imidazole rings is 1. The van der Waals surface area contributed by atoms with Crippen molar-refractivity contribution in [3.63, 3.8) is 0 Å². The molecule has 0 amide bonds. The highest BCUT2D eigenvalue weighted by molar-refractivity contribution is 8.13. The fourth-order valence-electron chi connectivity index (χ4n) is 1.97. The molecule has 124 valence electrons. The minimum absolute atomic E-state index is 0.0584. The average molecular weight is 330 g/mol. The number of nitrogens with one attached hydrogen (secondary N) is 3. The summed E-state index contributed by atoms with van der Waals surface area (Å²) in [6.07, 6.45) is 1.15. The molecule has 0 saturated carbocycles. The Balaban J connectivity index is 2.47. The van der Waals surface area contributed by atoms with E-state index in [1.54, 1.807) is 6.92 Å². The summed E-state index contributed by atoms with van der Waals surface area (Å²) in [7, 11) is 0. The third kappa shape index (κ3) is 6.35. The molecule has 22 heavy (non-hydrogen) atoms. The molecule has 0 aliphatic rings. The first-order chi connectivity index (χ1) is 10.4. The molecule has 1 aromatic rings. The molecular formula is C13H22N4O4S. The molecule has 8 nitrogen and oxygen atoms in total. The lowest BCUT2D eigenvalue weighted by molar-refractivity contribution is -0.143. The molecule has 0 bridgehead atoms. The van der Waals surface area contributed by atoms with E-state index >= 15 is 0 Å². The van der Waals surface area contributed by atoms with Gasteiger partial charge < -0.3 is 25.5 Å². The Morgan fingerprint density at radius 1 is 1.45 bits per heavy atom. The second-order valence-electron chi connectivity index (χ2n) is 4.69. The highest BCUT2D eigenvalue weighted by Crippen LogP contribution is 2.22. The van der Waals surface area contributed by atoms with Crippen molar-refractivity contribution in [2.24, 2.45) is 5.73 Å². The van der Waals surface area contributed by atoms with Gasteiger partial charge in [-0.1, -0.05) is 11.8 Å². The molecule has 6 N–H and O–H groups in total. The van der Waals surface area contributed by atoms with Crippen LogP contribution in [0.4, 0.5) is 0 Å². The quantitative estimate of drug-likeness (QED) is 0.197. The number of nitrogens with two attached hydrogens (primary N) is 1. The maximum Gasteiger partial charge on any atom is 0.323 e. The van der Waals surface area contributed by atoms with Crippen LogP contribution in [0.3, 0.4) is 0 Å². The maximum atomic E-state index is 11.4. The number of aliphatic hydroxyl groups excluding tert-OH is 1. The van der Waals surface area contributed by atoms with Crippen LogP contribution in [-0.2, 0) is 15.3 Å². The Kier molecular flexibility index (Phi) is 7.75. The highest BCUT2D eigenvalue weighted by atomic mass is 32.2. The minimum atomic E-state index is -0.830. The molecule has 1 aromatic heterocycles. The van der Waals surface area contributed by atoms with Crippen molar-refractivity contribution in [2.45, 2.75) is 44.5 Å². The van der Waals surface area contributed by atoms with Gasteiger partial charge in [-0.25, -0.2) is 4.79 Å². The van der Waals surface area contributed by atoms with Crippen LogP contribution in [0, 0.1) is 5.41 Å². The second-order valence-corrected chi connectivity index (χ2v) is 5.71. The number of H-pyrrole nitrogens is 2. The summed E-state index contributed by atoms with van der Waals surface area (Å²) in [5.41, 5.74) is 5.80. The van der Waals surface area contributed by atoms with Crippen LogP contribution in [0.15, 0.2) is 4.79 Å². The zero-order chi connectivity index (χ0) is 16.5. The summed E-state index contributed by atoms with van der Waals surface area (Å²) < 4.78 is 4.82. The van der Waals surface area contributed by atoms with Gasteiger partial charge in [0.05, 0.1) is 24.1 Å². The van der Waals surface area contributed by atoms with E-state index in [4.69, 9.17) is 15.9 Å². The van der Waals surface area contributed by atoms with Gasteiger partial charge in [-0.3, -0.25) is 10.2 Å². The van der Waals surface area contributed by atoms with Gasteiger partial charge in [-0.05, 0) is 26.2 Å². The van der Waals surface area contributed by atoms with Crippen molar-refractivity contribution in [1.82, 2.24) is 9.97 Å². The summed E-state index contributed by atoms with van der Waals surface area (Å²) in [6, 6.07) is 0. The largest absolute Gasteiger partial charge is 0.466 e. The number of amidine groups is 1. The first kappa shape index (κ1) is 18.3. The number of carbonyl (C=O) groups is 1. The molecule has 1 atom stereocenters. The van der Waals surface area contributed by atoms with Crippen LogP contribution in [0.1, 0.15) is 50.1 Å². The van der Waals surface area contributed by atoms with Crippen LogP contribution >= 0.6 is 11.8 Å². The second kappa shape index (κ2) is 9.31. The molecule has 0 saturated heterocycles. The standard InChI is InChI=1S/C13H22N4O4S/c1-2-21-10(19)6-4-3-5-9(18)11-8(7-22-12(14)15)16-13(20)17-11/h9,18H,2-7H2,1H3,(H3,14,15)(H2,16,17,20)/t9-/m1/s1. The van der Waals surface area contributed by atoms with E-state index in [9.17, 15) is 14.7 Å². The Morgan fingerprint density at radius 3 is 2.82 bits per heavy atom. The van der Waals surface area contributed by atoms with Gasteiger partial charge in [0.2, 0.25) is 0 Å². The number of thioether (sulfide) groups is 1. The molecule has 0 aromatic carbocycles. The van der Waals surface area contributed by atoms with E-state index in [1.165, 1.54) is 0 Å². The molecule has 0 aliphatic heterocycles. The molecule has 1 heterocycles. The van der Waals surface area contributed by atoms with Crippen molar-refractivity contribution >= 4 is 22.9 Å². The Hall–Kier alpha value is -1.74. The molecule has 0 fully saturated rings. The normalized spacial score (nSPS) is 12.1. The number of carbonyl (C=O) groups excluding carboxylic acids is 1. The number of ether oxygens (including phenoxy) is 1. The number of unbranched alkanes of at least 4 members (excludes halogenated alkanes) is 1. The van der Waals surface area contributed by atoms with Crippen molar-refractivity contribution in [2.75, 3.05) is 6.61 Å². The molecule has 0 radical (unpaired) electrons. The summed E-state index contributed by atoms with van der Waals surface area (Å²) in [5, 5.41) is 17.3. The van der Waals surface area contributed by atoms with E-state index < -0.39 is 11.8 Å². The zero-order valence-corrected chi connectivity index (χ0v) is 13.3. The molecule has 1 rings (SSSR count). The van der Waals surface area contributed by atoms with Gasteiger partial charge in [0, 0.05) is 12.2 Å². The van der Waals surface area contributed by atoms with Gasteiger partial charge in [-0.2, -0.15) is 0 Å². The Labute approximate surface area is 132 Å². The fraction of sp³-hybridized carbons (Fsp3) is 0.615. The number of esters is 1. The van der Waals surface area contributed by atoms with Gasteiger partial charge in [0.15, 0.2) is 5.17 Å². The molecule has 9 heteroatoms. The lowest BCUT2D eigenvalue weighted by atomic mass is 10.1. The summed E-state index contributed by atoms with van der Waals surface area (Å²) in [5.74, 6) is 0.0640. The number of aliphatic hydroxyl groups is 1. The van der Waals surface area contributed by atoms with Crippen LogP contribution < -0.4 is 11.4 Å². The van der Waals surface area contributed by atoms with Crippen molar-refractivity contribution in [3.8, 4) is 0 Å². The van der Waals surface area contributed by atoms with Gasteiger partial charge in [0.1, 0.15) is 0 Å². The molecule has 0 unspecified atom stereocenters. The highest BCUT2D eigenvalue weighted by Gasteiger charge is 2.16. The monoisotopic (exact) mass is 330 g/mol. The van der Waals surface area contributed by atoms with E-state index in [0.29, 0.717) is 49.4 Å². The lowest BCUT2D eigenvalue weighted by Gasteiger charge is -2.10. The van der Waals surface area contributed by atoms with Crippen LogP contribution in [0.5, 0.6) is 0 Å². The number of hydrogen-bond acceptors (Lipinski definition) is 6. The number of rotatable bonds is 9. The zero-order valence-electron chi connectivity index (χ0n) is 12.5. The first-order valence-corrected chi connectivity index (χ1v) is 8.04. The van der Waals surface area contributed by atoms with Crippen molar-refractivity contribution in [3.05, 3.63) is 21.9 Å². The predicted octanol–water partition coefficient (Wildman–Crippen LogP) is 0.987. The Morgan fingerprint density at radius 2 is 2.18 bits per heavy atom.